The van der Waals surface area contributed by atoms with Crippen LogP contribution in [-0.2, 0) is 27.2 Å². The maximum Gasteiger partial charge on any atom is 0.416 e. The van der Waals surface area contributed by atoms with Crippen LogP contribution in [0, 0.1) is 6.92 Å². The number of halogens is 3. The summed E-state index contributed by atoms with van der Waals surface area (Å²) < 4.78 is 63.9. The van der Waals surface area contributed by atoms with E-state index in [2.05, 4.69) is 4.99 Å². The lowest BCUT2D eigenvalue weighted by atomic mass is 10.1. The Hall–Kier alpha value is -2.33. The first kappa shape index (κ1) is 21.9. The molecule has 164 valence electrons. The third-order valence-electron chi connectivity index (χ3n) is 5.21. The molecule has 2 atom stereocenters. The first-order valence-corrected chi connectivity index (χ1v) is 12.2. The van der Waals surface area contributed by atoms with E-state index in [9.17, 15) is 26.4 Å². The monoisotopic (exact) mass is 468 g/mol. The Balaban J connectivity index is 1.67. The van der Waals surface area contributed by atoms with Gasteiger partial charge in [0.25, 0.3) is 5.91 Å². The largest absolute Gasteiger partial charge is 0.416 e. The summed E-state index contributed by atoms with van der Waals surface area (Å²) in [5.41, 5.74) is 1.16. The van der Waals surface area contributed by atoms with Gasteiger partial charge in [-0.05, 0) is 30.7 Å². The van der Waals surface area contributed by atoms with Gasteiger partial charge in [-0.3, -0.25) is 4.79 Å². The molecule has 0 unspecified atom stereocenters. The summed E-state index contributed by atoms with van der Waals surface area (Å²) in [6, 6.07) is 11.5. The number of carbonyl (C=O) groups is 1. The molecule has 0 saturated carbocycles. The zero-order chi connectivity index (χ0) is 22.4. The molecule has 0 radical (unpaired) electrons. The Morgan fingerprint density at radius 3 is 2.55 bits per heavy atom. The number of aryl methyl sites for hydroxylation is 1. The van der Waals surface area contributed by atoms with E-state index in [-0.39, 0.29) is 34.0 Å². The van der Waals surface area contributed by atoms with Crippen LogP contribution in [0.25, 0.3) is 0 Å². The highest BCUT2D eigenvalue weighted by Crippen LogP contribution is 2.42. The van der Waals surface area contributed by atoms with Crippen LogP contribution in [0.3, 0.4) is 0 Å². The van der Waals surface area contributed by atoms with Crippen LogP contribution < -0.4 is 4.90 Å². The lowest BCUT2D eigenvalue weighted by Crippen LogP contribution is -2.38. The van der Waals surface area contributed by atoms with E-state index >= 15 is 0 Å². The standard InChI is InChI=1S/C21H19F3N2O3S2/c1-13-5-7-14(8-6-13)9-19(27)25-20-26(17-11-31(28,29)12-18(17)30-20)16-4-2-3-15(10-16)21(22,23)24/h2-8,10,17-18H,9,11-12H2,1H3/t17-,18+/m0/s1. The molecule has 0 aromatic heterocycles. The average Bonchev–Trinajstić information content (AvgIpc) is 3.13. The number of rotatable bonds is 3. The van der Waals surface area contributed by atoms with Gasteiger partial charge < -0.3 is 4.90 Å². The molecule has 5 nitrogen and oxygen atoms in total. The maximum atomic E-state index is 13.2. The number of hydrogen-bond acceptors (Lipinski definition) is 4. The van der Waals surface area contributed by atoms with Gasteiger partial charge in [-0.25, -0.2) is 8.42 Å². The van der Waals surface area contributed by atoms with Gasteiger partial charge >= 0.3 is 6.18 Å². The number of carbonyl (C=O) groups excluding carboxylic acids is 1. The van der Waals surface area contributed by atoms with Gasteiger partial charge in [-0.15, -0.1) is 0 Å². The minimum absolute atomic E-state index is 0.0500. The van der Waals surface area contributed by atoms with Crippen LogP contribution in [0.4, 0.5) is 18.9 Å². The van der Waals surface area contributed by atoms with Crippen molar-refractivity contribution in [1.82, 2.24) is 0 Å². The van der Waals surface area contributed by atoms with Gasteiger partial charge in [-0.2, -0.15) is 18.2 Å². The average molecular weight is 469 g/mol. The molecule has 10 heteroatoms. The lowest BCUT2D eigenvalue weighted by molar-refractivity contribution is -0.137. The number of hydrogen-bond donors (Lipinski definition) is 0. The van der Waals surface area contributed by atoms with Crippen molar-refractivity contribution in [2.75, 3.05) is 16.4 Å². The number of alkyl halides is 3. The third-order valence-corrected chi connectivity index (χ3v) is 8.42. The number of nitrogens with zero attached hydrogens (tertiary/aromatic N) is 2. The van der Waals surface area contributed by atoms with Crippen molar-refractivity contribution in [3.63, 3.8) is 0 Å². The van der Waals surface area contributed by atoms with Crippen molar-refractivity contribution in [2.45, 2.75) is 30.8 Å². The zero-order valence-corrected chi connectivity index (χ0v) is 18.1. The van der Waals surface area contributed by atoms with Gasteiger partial charge in [0, 0.05) is 10.9 Å². The Labute approximate surface area is 182 Å². The van der Waals surface area contributed by atoms with Crippen LogP contribution in [-0.4, -0.2) is 42.3 Å². The van der Waals surface area contributed by atoms with Crippen molar-refractivity contribution in [1.29, 1.82) is 0 Å². The highest BCUT2D eigenvalue weighted by atomic mass is 32.2. The fourth-order valence-corrected chi connectivity index (χ4v) is 7.66. The van der Waals surface area contributed by atoms with Crippen molar-refractivity contribution in [2.24, 2.45) is 4.99 Å². The predicted octanol–water partition coefficient (Wildman–Crippen LogP) is 3.86. The normalized spacial score (nSPS) is 23.9. The van der Waals surface area contributed by atoms with Gasteiger partial charge in [0.2, 0.25) is 0 Å². The van der Waals surface area contributed by atoms with Crippen molar-refractivity contribution >= 4 is 38.4 Å². The summed E-state index contributed by atoms with van der Waals surface area (Å²) in [6.45, 7) is 1.93. The number of benzene rings is 2. The van der Waals surface area contributed by atoms with E-state index < -0.39 is 33.5 Å². The molecule has 1 amide bonds. The number of thioether (sulfide) groups is 1. The molecule has 2 aromatic rings. The number of amides is 1. The second kappa shape index (κ2) is 7.98. The molecule has 0 bridgehead atoms. The number of anilines is 1. The summed E-state index contributed by atoms with van der Waals surface area (Å²) >= 11 is 1.14. The number of amidine groups is 1. The summed E-state index contributed by atoms with van der Waals surface area (Å²) in [5.74, 6) is -0.721. The molecule has 2 aromatic carbocycles. The van der Waals surface area contributed by atoms with Crippen LogP contribution >= 0.6 is 11.8 Å². The minimum atomic E-state index is -4.54. The molecule has 2 heterocycles. The van der Waals surface area contributed by atoms with Crippen LogP contribution in [0.15, 0.2) is 53.5 Å². The molecule has 0 N–H and O–H groups in total. The third kappa shape index (κ3) is 4.79. The number of aliphatic imine (C=N–C) groups is 1. The van der Waals surface area contributed by atoms with Crippen LogP contribution in [0.2, 0.25) is 0 Å². The van der Waals surface area contributed by atoms with E-state index in [1.165, 1.54) is 17.0 Å². The van der Waals surface area contributed by atoms with Gasteiger partial charge in [-0.1, -0.05) is 47.7 Å². The molecule has 0 spiro atoms. The molecule has 4 rings (SSSR count). The van der Waals surface area contributed by atoms with E-state index in [1.807, 2.05) is 31.2 Å². The first-order valence-electron chi connectivity index (χ1n) is 9.52. The molecular weight excluding hydrogens is 449 g/mol. The second-order valence-corrected chi connectivity index (χ2v) is 11.0. The number of fused-ring (bicyclic) bond motifs is 1. The Morgan fingerprint density at radius 2 is 1.87 bits per heavy atom. The van der Waals surface area contributed by atoms with E-state index in [0.29, 0.717) is 0 Å². The van der Waals surface area contributed by atoms with Crippen LogP contribution in [0.5, 0.6) is 0 Å². The molecule has 2 fully saturated rings. The smallest absolute Gasteiger partial charge is 0.316 e. The Kier molecular flexibility index (Phi) is 5.63. The van der Waals surface area contributed by atoms with Gasteiger partial charge in [0.05, 0.1) is 29.5 Å². The fourth-order valence-electron chi connectivity index (χ4n) is 3.73. The highest BCUT2D eigenvalue weighted by Gasteiger charge is 2.49. The van der Waals surface area contributed by atoms with Gasteiger partial charge in [0.1, 0.15) is 0 Å². The summed E-state index contributed by atoms with van der Waals surface area (Å²) in [5, 5.41) is -0.146. The van der Waals surface area contributed by atoms with Crippen molar-refractivity contribution in [3.8, 4) is 0 Å². The van der Waals surface area contributed by atoms with Crippen LogP contribution in [0.1, 0.15) is 16.7 Å². The van der Waals surface area contributed by atoms with E-state index in [4.69, 9.17) is 0 Å². The second-order valence-electron chi connectivity index (χ2n) is 7.67. The molecule has 2 aliphatic rings. The maximum absolute atomic E-state index is 13.2. The molecule has 31 heavy (non-hydrogen) atoms. The number of sulfone groups is 1. The quantitative estimate of drug-likeness (QED) is 0.685. The summed E-state index contributed by atoms with van der Waals surface area (Å²) in [7, 11) is -3.31. The fraction of sp³-hybridized carbons (Fsp3) is 0.333. The predicted molar refractivity (Wildman–Crippen MR) is 115 cm³/mol. The topological polar surface area (TPSA) is 66.8 Å². The van der Waals surface area contributed by atoms with Gasteiger partial charge in [0.15, 0.2) is 15.0 Å². The Bertz CT molecular complexity index is 1150. The molecule has 2 aliphatic heterocycles. The first-order chi connectivity index (χ1) is 14.5. The molecule has 0 aliphatic carbocycles. The lowest BCUT2D eigenvalue weighted by Gasteiger charge is -2.25. The summed E-state index contributed by atoms with van der Waals surface area (Å²) in [4.78, 5) is 18.2. The highest BCUT2D eigenvalue weighted by molar-refractivity contribution is 8.16. The zero-order valence-electron chi connectivity index (χ0n) is 16.5. The molecular formula is C21H19F3N2O3S2. The minimum Gasteiger partial charge on any atom is -0.316 e. The Morgan fingerprint density at radius 1 is 1.16 bits per heavy atom. The van der Waals surface area contributed by atoms with Crippen molar-refractivity contribution in [3.05, 3.63) is 65.2 Å². The van der Waals surface area contributed by atoms with E-state index in [0.717, 1.165) is 35.0 Å². The summed E-state index contributed by atoms with van der Waals surface area (Å²) in [6.07, 6.45) is -4.49. The molecule has 2 saturated heterocycles. The van der Waals surface area contributed by atoms with Crippen molar-refractivity contribution < 1.29 is 26.4 Å². The SMILES string of the molecule is Cc1ccc(CC(=O)N=C2S[C@@H]3CS(=O)(=O)C[C@@H]3N2c2cccc(C(F)(F)F)c2)cc1. The van der Waals surface area contributed by atoms with E-state index in [1.54, 1.807) is 0 Å².